The number of aromatic nitrogens is 5. The molecule has 4 heterocycles. The first-order valence-corrected chi connectivity index (χ1v) is 12.6. The number of hydrogen-bond acceptors (Lipinski definition) is 8. The van der Waals surface area contributed by atoms with Gasteiger partial charge in [-0.25, -0.2) is 13.4 Å². The van der Waals surface area contributed by atoms with E-state index in [2.05, 4.69) is 26.5 Å². The Morgan fingerprint density at radius 2 is 2.00 bits per heavy atom. The minimum Gasteiger partial charge on any atom is -0.346 e. The van der Waals surface area contributed by atoms with Crippen LogP contribution < -0.4 is 5.32 Å². The van der Waals surface area contributed by atoms with Crippen molar-refractivity contribution in [2.75, 3.05) is 24.2 Å². The van der Waals surface area contributed by atoms with E-state index in [1.807, 2.05) is 6.07 Å². The molecule has 0 radical (unpaired) electrons. The standard InChI is InChI=1S/C23H22N8O3S/c1-2-35(33,34)30-14-23(15-30,8-9-24)31-12-17(11-26-31)20-19-7-10-25-21(19)29-22(28-20)27-18-5-3-16(13-32)4-6-18/h3-7,10-13H,2,8,14-15H2,1H3,(H2,25,27,28,29). The summed E-state index contributed by atoms with van der Waals surface area (Å²) >= 11 is 0. The van der Waals surface area contributed by atoms with Crippen LogP contribution in [0.5, 0.6) is 0 Å². The SMILES string of the molecule is CCS(=O)(=O)N1CC(CC#N)(n2cc(-c3nc(Nc4ccc(C=O)cc4)nc4[nH]ccc34)cn2)C1. The number of nitrogens with zero attached hydrogens (tertiary/aromatic N) is 6. The number of fused-ring (bicyclic) bond motifs is 1. The molecule has 1 saturated heterocycles. The molecule has 0 aliphatic carbocycles. The smallest absolute Gasteiger partial charge is 0.229 e. The van der Waals surface area contributed by atoms with Crippen LogP contribution in [-0.4, -0.2) is 62.6 Å². The van der Waals surface area contributed by atoms with Crippen molar-refractivity contribution in [3.05, 3.63) is 54.5 Å². The molecule has 0 spiro atoms. The lowest BCUT2D eigenvalue weighted by molar-refractivity contribution is 0.0719. The maximum atomic E-state index is 12.2. The molecule has 0 bridgehead atoms. The number of sulfonamides is 1. The first-order chi connectivity index (χ1) is 16.9. The molecule has 35 heavy (non-hydrogen) atoms. The van der Waals surface area contributed by atoms with Crippen LogP contribution in [0.25, 0.3) is 22.3 Å². The third-order valence-corrected chi connectivity index (χ3v) is 7.94. The maximum Gasteiger partial charge on any atom is 0.229 e. The summed E-state index contributed by atoms with van der Waals surface area (Å²) in [6, 6.07) is 11.0. The van der Waals surface area contributed by atoms with Gasteiger partial charge in [-0.2, -0.15) is 19.6 Å². The van der Waals surface area contributed by atoms with Crippen molar-refractivity contribution >= 4 is 39.0 Å². The van der Waals surface area contributed by atoms with Crippen molar-refractivity contribution in [1.82, 2.24) is 29.0 Å². The minimum atomic E-state index is -3.33. The molecule has 2 N–H and O–H groups in total. The second kappa shape index (κ2) is 8.61. The summed E-state index contributed by atoms with van der Waals surface area (Å²) in [4.78, 5) is 23.2. The van der Waals surface area contributed by atoms with E-state index < -0.39 is 15.6 Å². The fourth-order valence-corrected chi connectivity index (χ4v) is 5.41. The highest BCUT2D eigenvalue weighted by Crippen LogP contribution is 2.36. The number of benzene rings is 1. The molecule has 0 saturated carbocycles. The van der Waals surface area contributed by atoms with Gasteiger partial charge >= 0.3 is 0 Å². The zero-order valence-corrected chi connectivity index (χ0v) is 19.7. The molecule has 1 fully saturated rings. The number of rotatable bonds is 8. The average molecular weight is 491 g/mol. The highest BCUT2D eigenvalue weighted by Gasteiger charge is 2.49. The van der Waals surface area contributed by atoms with Gasteiger partial charge in [0.25, 0.3) is 0 Å². The molecular weight excluding hydrogens is 468 g/mol. The lowest BCUT2D eigenvalue weighted by atomic mass is 9.89. The second-order valence-electron chi connectivity index (χ2n) is 8.40. The van der Waals surface area contributed by atoms with E-state index in [0.717, 1.165) is 17.4 Å². The molecule has 1 aliphatic heterocycles. The Labute approximate surface area is 201 Å². The molecule has 5 rings (SSSR count). The molecule has 11 nitrogen and oxygen atoms in total. The molecule has 0 amide bonds. The quantitative estimate of drug-likeness (QED) is 0.358. The fraction of sp³-hybridized carbons (Fsp3) is 0.261. The van der Waals surface area contributed by atoms with Crippen LogP contribution in [0, 0.1) is 11.3 Å². The summed E-state index contributed by atoms with van der Waals surface area (Å²) < 4.78 is 27.5. The zero-order chi connectivity index (χ0) is 24.6. The summed E-state index contributed by atoms with van der Waals surface area (Å²) in [5.41, 5.74) is 2.55. The van der Waals surface area contributed by atoms with E-state index in [4.69, 9.17) is 4.98 Å². The van der Waals surface area contributed by atoms with Crippen LogP contribution in [0.2, 0.25) is 0 Å². The van der Waals surface area contributed by atoms with Crippen LogP contribution in [-0.2, 0) is 15.6 Å². The van der Waals surface area contributed by atoms with Crippen LogP contribution in [0.15, 0.2) is 48.9 Å². The third kappa shape index (κ3) is 4.05. The number of aromatic amines is 1. The summed E-state index contributed by atoms with van der Waals surface area (Å²) in [6.45, 7) is 2.00. The highest BCUT2D eigenvalue weighted by atomic mass is 32.2. The molecule has 4 aromatic rings. The van der Waals surface area contributed by atoms with Crippen molar-refractivity contribution < 1.29 is 13.2 Å². The van der Waals surface area contributed by atoms with Gasteiger partial charge in [-0.1, -0.05) is 0 Å². The molecular formula is C23H22N8O3S. The van der Waals surface area contributed by atoms with Gasteiger partial charge in [0.2, 0.25) is 16.0 Å². The number of aldehydes is 1. The van der Waals surface area contributed by atoms with Gasteiger partial charge in [0.15, 0.2) is 0 Å². The van der Waals surface area contributed by atoms with Crippen LogP contribution >= 0.6 is 0 Å². The Morgan fingerprint density at radius 3 is 2.69 bits per heavy atom. The molecule has 178 valence electrons. The lowest BCUT2D eigenvalue weighted by Gasteiger charge is -2.47. The normalized spacial score (nSPS) is 15.4. The highest BCUT2D eigenvalue weighted by molar-refractivity contribution is 7.89. The van der Waals surface area contributed by atoms with Gasteiger partial charge in [-0.3, -0.25) is 9.48 Å². The van der Waals surface area contributed by atoms with Crippen molar-refractivity contribution in [2.45, 2.75) is 18.9 Å². The monoisotopic (exact) mass is 490 g/mol. The van der Waals surface area contributed by atoms with Crippen molar-refractivity contribution in [1.29, 1.82) is 5.26 Å². The van der Waals surface area contributed by atoms with E-state index in [9.17, 15) is 18.5 Å². The third-order valence-electron chi connectivity index (χ3n) is 6.17. The van der Waals surface area contributed by atoms with Crippen LogP contribution in [0.3, 0.4) is 0 Å². The van der Waals surface area contributed by atoms with Gasteiger partial charge in [-0.05, 0) is 37.3 Å². The predicted octanol–water partition coefficient (Wildman–Crippen LogP) is 2.65. The minimum absolute atomic E-state index is 0.0139. The zero-order valence-electron chi connectivity index (χ0n) is 18.8. The van der Waals surface area contributed by atoms with E-state index in [-0.39, 0.29) is 25.3 Å². The Balaban J connectivity index is 1.48. The van der Waals surface area contributed by atoms with Gasteiger partial charge in [0, 0.05) is 47.7 Å². The van der Waals surface area contributed by atoms with E-state index in [1.54, 1.807) is 54.5 Å². The maximum absolute atomic E-state index is 12.2. The summed E-state index contributed by atoms with van der Waals surface area (Å²) in [5.74, 6) is 0.372. The molecule has 3 aromatic heterocycles. The van der Waals surface area contributed by atoms with Crippen molar-refractivity contribution in [2.24, 2.45) is 0 Å². The number of nitrogens with one attached hydrogen (secondary N) is 2. The number of H-pyrrole nitrogens is 1. The van der Waals surface area contributed by atoms with E-state index >= 15 is 0 Å². The Bertz CT molecular complexity index is 1540. The summed E-state index contributed by atoms with van der Waals surface area (Å²) in [6.07, 6.45) is 6.14. The first-order valence-electron chi connectivity index (χ1n) is 11.0. The van der Waals surface area contributed by atoms with Gasteiger partial charge < -0.3 is 10.3 Å². The molecule has 0 unspecified atom stereocenters. The Kier molecular flexibility index (Phi) is 5.58. The lowest BCUT2D eigenvalue weighted by Crippen LogP contribution is -2.64. The summed E-state index contributed by atoms with van der Waals surface area (Å²) in [5, 5.41) is 17.9. The van der Waals surface area contributed by atoms with Gasteiger partial charge in [0.1, 0.15) is 17.5 Å². The van der Waals surface area contributed by atoms with E-state index in [0.29, 0.717) is 28.4 Å². The van der Waals surface area contributed by atoms with Crippen molar-refractivity contribution in [3.8, 4) is 17.3 Å². The topological polar surface area (TPSA) is 150 Å². The van der Waals surface area contributed by atoms with Crippen molar-refractivity contribution in [3.63, 3.8) is 0 Å². The average Bonchev–Trinajstić information content (AvgIpc) is 3.51. The second-order valence-corrected chi connectivity index (χ2v) is 10.7. The number of hydrogen-bond donors (Lipinski definition) is 2. The number of nitriles is 1. The number of carbonyl (C=O) groups is 1. The van der Waals surface area contributed by atoms with Crippen LogP contribution in [0.4, 0.5) is 11.6 Å². The fourth-order valence-electron chi connectivity index (χ4n) is 4.17. The Hall–Kier alpha value is -4.08. The number of anilines is 2. The summed E-state index contributed by atoms with van der Waals surface area (Å²) in [7, 11) is -3.33. The molecule has 1 aliphatic rings. The molecule has 12 heteroatoms. The number of carbonyl (C=O) groups excluding carboxylic acids is 1. The molecule has 1 aromatic carbocycles. The first kappa shape index (κ1) is 22.7. The van der Waals surface area contributed by atoms with Gasteiger partial charge in [-0.15, -0.1) is 0 Å². The largest absolute Gasteiger partial charge is 0.346 e. The molecule has 0 atom stereocenters. The van der Waals surface area contributed by atoms with E-state index in [1.165, 1.54) is 4.31 Å². The predicted molar refractivity (Wildman–Crippen MR) is 129 cm³/mol. The van der Waals surface area contributed by atoms with Gasteiger partial charge in [0.05, 0.1) is 30.1 Å². The van der Waals surface area contributed by atoms with Crippen LogP contribution in [0.1, 0.15) is 23.7 Å². The Morgan fingerprint density at radius 1 is 1.23 bits per heavy atom.